The highest BCUT2D eigenvalue weighted by atomic mass is 32.1. The molecular formula is C16H23N3S. The summed E-state index contributed by atoms with van der Waals surface area (Å²) in [6, 6.07) is 0. The molecule has 0 spiro atoms. The number of aryl methyl sites for hydroxylation is 2. The maximum absolute atomic E-state index is 4.82. The van der Waals surface area contributed by atoms with Crippen LogP contribution < -0.4 is 0 Å². The number of nitrogens with zero attached hydrogens (tertiary/aromatic N) is 3. The summed E-state index contributed by atoms with van der Waals surface area (Å²) in [6.07, 6.45) is 4.90. The van der Waals surface area contributed by atoms with Gasteiger partial charge in [0.2, 0.25) is 0 Å². The summed E-state index contributed by atoms with van der Waals surface area (Å²) >= 11 is 1.77. The number of fused-ring (bicyclic) bond motifs is 1. The first-order valence-electron chi connectivity index (χ1n) is 7.45. The topological polar surface area (TPSA) is 30.7 Å². The second-order valence-corrected chi connectivity index (χ2v) is 7.66. The van der Waals surface area contributed by atoms with Gasteiger partial charge in [-0.05, 0) is 32.6 Å². The maximum atomic E-state index is 4.82. The fourth-order valence-corrected chi connectivity index (χ4v) is 3.82. The molecule has 3 rings (SSSR count). The predicted molar refractivity (Wildman–Crippen MR) is 83.5 cm³/mol. The van der Waals surface area contributed by atoms with Crippen molar-refractivity contribution in [3.63, 3.8) is 0 Å². The Hall–Kier alpha value is -1.16. The van der Waals surface area contributed by atoms with E-state index in [4.69, 9.17) is 9.97 Å². The Bertz CT molecular complexity index is 616. The smallest absolute Gasteiger partial charge is 0.113 e. The van der Waals surface area contributed by atoms with E-state index in [1.807, 2.05) is 0 Å². The van der Waals surface area contributed by atoms with Crippen molar-refractivity contribution >= 4 is 11.3 Å². The predicted octanol–water partition coefficient (Wildman–Crippen LogP) is 3.87. The fourth-order valence-electron chi connectivity index (χ4n) is 2.81. The molecule has 0 saturated heterocycles. The van der Waals surface area contributed by atoms with E-state index in [1.165, 1.54) is 41.4 Å². The van der Waals surface area contributed by atoms with E-state index in [0.717, 1.165) is 18.8 Å². The van der Waals surface area contributed by atoms with Crippen molar-refractivity contribution < 1.29 is 0 Å². The molecule has 1 aliphatic carbocycles. The number of thiazole rings is 1. The van der Waals surface area contributed by atoms with Crippen molar-refractivity contribution in [1.82, 2.24) is 14.5 Å². The molecule has 0 aromatic carbocycles. The molecule has 0 unspecified atom stereocenters. The molecular weight excluding hydrogens is 266 g/mol. The van der Waals surface area contributed by atoms with Crippen molar-refractivity contribution in [2.75, 3.05) is 0 Å². The Morgan fingerprint density at radius 2 is 1.95 bits per heavy atom. The monoisotopic (exact) mass is 289 g/mol. The van der Waals surface area contributed by atoms with Gasteiger partial charge in [0.05, 0.1) is 17.9 Å². The van der Waals surface area contributed by atoms with Crippen LogP contribution in [0.15, 0.2) is 5.38 Å². The number of rotatable bonds is 2. The molecule has 0 fully saturated rings. The molecule has 0 atom stereocenters. The van der Waals surface area contributed by atoms with Gasteiger partial charge in [0, 0.05) is 16.5 Å². The third kappa shape index (κ3) is 2.53. The van der Waals surface area contributed by atoms with Crippen LogP contribution in [-0.4, -0.2) is 14.5 Å². The number of imidazole rings is 1. The van der Waals surface area contributed by atoms with Gasteiger partial charge in [-0.3, -0.25) is 0 Å². The fraction of sp³-hybridized carbons (Fsp3) is 0.625. The summed E-state index contributed by atoms with van der Waals surface area (Å²) in [4.78, 5) is 9.56. The SMILES string of the molecule is Cc1nc2c(n1Cc1nc(C(C)(C)C)cs1)CCCC2. The summed E-state index contributed by atoms with van der Waals surface area (Å²) in [7, 11) is 0. The third-order valence-electron chi connectivity index (χ3n) is 4.04. The minimum atomic E-state index is 0.137. The van der Waals surface area contributed by atoms with E-state index >= 15 is 0 Å². The summed E-state index contributed by atoms with van der Waals surface area (Å²) < 4.78 is 2.37. The van der Waals surface area contributed by atoms with Crippen LogP contribution in [0.25, 0.3) is 0 Å². The lowest BCUT2D eigenvalue weighted by Crippen LogP contribution is -2.13. The molecule has 0 bridgehead atoms. The van der Waals surface area contributed by atoms with Crippen LogP contribution in [0.1, 0.15) is 61.5 Å². The van der Waals surface area contributed by atoms with Crippen molar-refractivity contribution in [2.45, 2.75) is 65.3 Å². The van der Waals surface area contributed by atoms with Gasteiger partial charge >= 0.3 is 0 Å². The van der Waals surface area contributed by atoms with E-state index in [1.54, 1.807) is 11.3 Å². The average Bonchev–Trinajstić information content (AvgIpc) is 2.95. The molecule has 2 heterocycles. The summed E-state index contributed by atoms with van der Waals surface area (Å²) in [6.45, 7) is 9.66. The third-order valence-corrected chi connectivity index (χ3v) is 4.87. The van der Waals surface area contributed by atoms with E-state index in [0.29, 0.717) is 0 Å². The van der Waals surface area contributed by atoms with Gasteiger partial charge in [0.25, 0.3) is 0 Å². The molecule has 20 heavy (non-hydrogen) atoms. The highest BCUT2D eigenvalue weighted by Gasteiger charge is 2.21. The van der Waals surface area contributed by atoms with Gasteiger partial charge in [0.1, 0.15) is 10.8 Å². The van der Waals surface area contributed by atoms with Gasteiger partial charge in [-0.15, -0.1) is 11.3 Å². The van der Waals surface area contributed by atoms with Crippen LogP contribution in [0.4, 0.5) is 0 Å². The Kier molecular flexibility index (Phi) is 3.44. The molecule has 2 aromatic rings. The lowest BCUT2D eigenvalue weighted by atomic mass is 9.93. The maximum Gasteiger partial charge on any atom is 0.113 e. The molecule has 108 valence electrons. The first kappa shape index (κ1) is 13.8. The molecule has 0 amide bonds. The molecule has 4 heteroatoms. The first-order valence-corrected chi connectivity index (χ1v) is 8.33. The Morgan fingerprint density at radius 1 is 1.20 bits per heavy atom. The highest BCUT2D eigenvalue weighted by Crippen LogP contribution is 2.26. The summed E-state index contributed by atoms with van der Waals surface area (Å²) in [5.74, 6) is 1.14. The molecule has 0 aliphatic heterocycles. The lowest BCUT2D eigenvalue weighted by molar-refractivity contribution is 0.567. The van der Waals surface area contributed by atoms with Crippen molar-refractivity contribution in [3.8, 4) is 0 Å². The Balaban J connectivity index is 1.88. The summed E-state index contributed by atoms with van der Waals surface area (Å²) in [5.41, 5.74) is 4.10. The van der Waals surface area contributed by atoms with E-state index in [9.17, 15) is 0 Å². The highest BCUT2D eigenvalue weighted by molar-refractivity contribution is 7.09. The normalized spacial score (nSPS) is 15.4. The molecule has 0 N–H and O–H groups in total. The molecule has 2 aromatic heterocycles. The van der Waals surface area contributed by atoms with Crippen LogP contribution in [0.2, 0.25) is 0 Å². The van der Waals surface area contributed by atoms with Crippen LogP contribution in [-0.2, 0) is 24.8 Å². The van der Waals surface area contributed by atoms with Gasteiger partial charge in [-0.1, -0.05) is 20.8 Å². The minimum absolute atomic E-state index is 0.137. The van der Waals surface area contributed by atoms with Crippen molar-refractivity contribution in [1.29, 1.82) is 0 Å². The zero-order chi connectivity index (χ0) is 14.3. The van der Waals surface area contributed by atoms with Crippen LogP contribution >= 0.6 is 11.3 Å². The second kappa shape index (κ2) is 4.99. The zero-order valence-corrected chi connectivity index (χ0v) is 13.7. The molecule has 0 radical (unpaired) electrons. The first-order chi connectivity index (χ1) is 9.45. The molecule has 1 aliphatic rings. The van der Waals surface area contributed by atoms with Gasteiger partial charge in [-0.25, -0.2) is 9.97 Å². The minimum Gasteiger partial charge on any atom is -0.325 e. The average molecular weight is 289 g/mol. The van der Waals surface area contributed by atoms with Crippen LogP contribution in [0.3, 0.4) is 0 Å². The van der Waals surface area contributed by atoms with E-state index < -0.39 is 0 Å². The van der Waals surface area contributed by atoms with E-state index in [2.05, 4.69) is 37.6 Å². The van der Waals surface area contributed by atoms with Crippen molar-refractivity contribution in [3.05, 3.63) is 33.3 Å². The van der Waals surface area contributed by atoms with Crippen LogP contribution in [0.5, 0.6) is 0 Å². The molecule has 3 nitrogen and oxygen atoms in total. The van der Waals surface area contributed by atoms with Crippen LogP contribution in [0, 0.1) is 6.92 Å². The largest absolute Gasteiger partial charge is 0.325 e. The van der Waals surface area contributed by atoms with E-state index in [-0.39, 0.29) is 5.41 Å². The number of hydrogen-bond acceptors (Lipinski definition) is 3. The zero-order valence-electron chi connectivity index (χ0n) is 12.9. The summed E-state index contributed by atoms with van der Waals surface area (Å²) in [5, 5.41) is 3.40. The van der Waals surface area contributed by atoms with Gasteiger partial charge in [0.15, 0.2) is 0 Å². The quantitative estimate of drug-likeness (QED) is 0.840. The Labute approximate surface area is 125 Å². The van der Waals surface area contributed by atoms with Gasteiger partial charge < -0.3 is 4.57 Å². The Morgan fingerprint density at radius 3 is 2.65 bits per heavy atom. The lowest BCUT2D eigenvalue weighted by Gasteiger charge is -2.15. The molecule has 0 saturated carbocycles. The second-order valence-electron chi connectivity index (χ2n) is 6.72. The van der Waals surface area contributed by atoms with Crippen molar-refractivity contribution in [2.24, 2.45) is 0 Å². The number of hydrogen-bond donors (Lipinski definition) is 0. The number of aromatic nitrogens is 3. The van der Waals surface area contributed by atoms with Gasteiger partial charge in [-0.2, -0.15) is 0 Å². The standard InChI is InChI=1S/C16H23N3S/c1-11-17-12-7-5-6-8-13(12)19(11)9-15-18-14(10-20-15)16(2,3)4/h10H,5-9H2,1-4H3.